The standard InChI is InChI=1S/C13H21N5O2S/c1-8(2)16-13(4,7-14)6-9(3)21-12-15-10(19)11(20)17-18(12)5/h8-9,16H,6H2,1-5H3,(H,17,20). The summed E-state index contributed by atoms with van der Waals surface area (Å²) in [5.74, 6) is 0. The number of H-pyrrole nitrogens is 1. The Morgan fingerprint density at radius 1 is 1.48 bits per heavy atom. The molecule has 116 valence electrons. The van der Waals surface area contributed by atoms with Crippen LogP contribution in [0.5, 0.6) is 0 Å². The summed E-state index contributed by atoms with van der Waals surface area (Å²) in [6.07, 6.45) is 0.585. The van der Waals surface area contributed by atoms with Gasteiger partial charge in [0.2, 0.25) is 0 Å². The van der Waals surface area contributed by atoms with Crippen LogP contribution in [0.2, 0.25) is 0 Å². The maximum Gasteiger partial charge on any atom is 0.339 e. The molecule has 2 N–H and O–H groups in total. The molecule has 0 radical (unpaired) electrons. The molecule has 0 amide bonds. The number of nitrogens with zero attached hydrogens (tertiary/aromatic N) is 3. The predicted molar refractivity (Wildman–Crippen MR) is 82.3 cm³/mol. The van der Waals surface area contributed by atoms with Crippen molar-refractivity contribution in [1.82, 2.24) is 20.1 Å². The number of hydrogen-bond donors (Lipinski definition) is 2. The van der Waals surface area contributed by atoms with Crippen LogP contribution in [0.3, 0.4) is 0 Å². The zero-order valence-electron chi connectivity index (χ0n) is 12.9. The van der Waals surface area contributed by atoms with Gasteiger partial charge in [-0.3, -0.25) is 24.7 Å². The molecule has 1 aromatic rings. The Labute approximate surface area is 127 Å². The van der Waals surface area contributed by atoms with E-state index in [2.05, 4.69) is 21.5 Å². The minimum Gasteiger partial charge on any atom is -0.297 e. The van der Waals surface area contributed by atoms with Crippen molar-refractivity contribution in [3.05, 3.63) is 20.7 Å². The average molecular weight is 311 g/mol. The van der Waals surface area contributed by atoms with Crippen LogP contribution < -0.4 is 16.4 Å². The van der Waals surface area contributed by atoms with Crippen molar-refractivity contribution in [2.75, 3.05) is 0 Å². The predicted octanol–water partition coefficient (Wildman–Crippen LogP) is 0.620. The summed E-state index contributed by atoms with van der Waals surface area (Å²) in [7, 11) is 1.62. The van der Waals surface area contributed by atoms with Crippen molar-refractivity contribution in [3.8, 4) is 6.07 Å². The SMILES string of the molecule is CC(C)NC(C)(C#N)CC(C)Sc1nc(=O)c(=O)[nH]n1C. The van der Waals surface area contributed by atoms with Gasteiger partial charge in [0.05, 0.1) is 6.07 Å². The fraction of sp³-hybridized carbons (Fsp3) is 0.692. The number of aromatic amines is 1. The second-order valence-corrected chi connectivity index (χ2v) is 6.98. The van der Waals surface area contributed by atoms with Crippen molar-refractivity contribution >= 4 is 11.8 Å². The zero-order valence-corrected chi connectivity index (χ0v) is 13.7. The van der Waals surface area contributed by atoms with Crippen LogP contribution >= 0.6 is 11.8 Å². The van der Waals surface area contributed by atoms with E-state index in [1.54, 1.807) is 7.05 Å². The summed E-state index contributed by atoms with van der Waals surface area (Å²) in [5.41, 5.74) is -2.19. The Kier molecular flexibility index (Phi) is 5.75. The van der Waals surface area contributed by atoms with Gasteiger partial charge in [0, 0.05) is 18.3 Å². The molecule has 1 aromatic heterocycles. The van der Waals surface area contributed by atoms with Crippen LogP contribution in [0.4, 0.5) is 0 Å². The summed E-state index contributed by atoms with van der Waals surface area (Å²) in [4.78, 5) is 26.2. The molecule has 0 spiro atoms. The summed E-state index contributed by atoms with van der Waals surface area (Å²) in [6, 6.07) is 2.49. The van der Waals surface area contributed by atoms with Gasteiger partial charge in [-0.25, -0.2) is 0 Å². The summed E-state index contributed by atoms with van der Waals surface area (Å²) in [6.45, 7) is 7.78. The third kappa shape index (κ3) is 5.02. The van der Waals surface area contributed by atoms with E-state index in [4.69, 9.17) is 0 Å². The van der Waals surface area contributed by atoms with E-state index in [0.717, 1.165) is 0 Å². The highest BCUT2D eigenvalue weighted by atomic mass is 32.2. The van der Waals surface area contributed by atoms with E-state index < -0.39 is 16.7 Å². The summed E-state index contributed by atoms with van der Waals surface area (Å²) >= 11 is 1.35. The van der Waals surface area contributed by atoms with Gasteiger partial charge in [-0.05, 0) is 27.2 Å². The molecule has 0 aliphatic heterocycles. The number of aryl methyl sites for hydroxylation is 1. The first-order chi connectivity index (χ1) is 9.66. The topological polar surface area (TPSA) is 104 Å². The van der Waals surface area contributed by atoms with Crippen molar-refractivity contribution in [3.63, 3.8) is 0 Å². The quantitative estimate of drug-likeness (QED) is 0.589. The second kappa shape index (κ2) is 6.91. The smallest absolute Gasteiger partial charge is 0.297 e. The minimum atomic E-state index is -0.800. The summed E-state index contributed by atoms with van der Waals surface area (Å²) < 4.78 is 1.42. The maximum atomic E-state index is 11.3. The van der Waals surface area contributed by atoms with Crippen LogP contribution in [0, 0.1) is 11.3 Å². The first-order valence-electron chi connectivity index (χ1n) is 6.70. The maximum absolute atomic E-state index is 11.3. The van der Waals surface area contributed by atoms with E-state index in [9.17, 15) is 14.9 Å². The van der Waals surface area contributed by atoms with E-state index in [1.807, 2.05) is 27.7 Å². The zero-order chi connectivity index (χ0) is 16.2. The lowest BCUT2D eigenvalue weighted by atomic mass is 9.97. The number of thioether (sulfide) groups is 1. The number of rotatable bonds is 6. The van der Waals surface area contributed by atoms with Crippen LogP contribution in [-0.2, 0) is 7.05 Å². The van der Waals surface area contributed by atoms with Gasteiger partial charge in [-0.1, -0.05) is 18.7 Å². The number of hydrogen-bond acceptors (Lipinski definition) is 6. The van der Waals surface area contributed by atoms with Gasteiger partial charge in [-0.2, -0.15) is 10.2 Å². The molecule has 0 bridgehead atoms. The monoisotopic (exact) mass is 311 g/mol. The van der Waals surface area contributed by atoms with Crippen molar-refractivity contribution in [1.29, 1.82) is 5.26 Å². The molecule has 7 nitrogen and oxygen atoms in total. The molecule has 0 aliphatic carbocycles. The molecule has 0 saturated heterocycles. The Morgan fingerprint density at radius 3 is 2.62 bits per heavy atom. The normalized spacial score (nSPS) is 15.5. The summed E-state index contributed by atoms with van der Waals surface area (Å²) in [5, 5.41) is 15.5. The molecule has 1 rings (SSSR count). The Balaban J connectivity index is 2.85. The molecule has 0 aromatic carbocycles. The fourth-order valence-electron chi connectivity index (χ4n) is 2.14. The third-order valence-corrected chi connectivity index (χ3v) is 3.95. The van der Waals surface area contributed by atoms with E-state index in [-0.39, 0.29) is 11.3 Å². The highest BCUT2D eigenvalue weighted by Gasteiger charge is 2.27. The van der Waals surface area contributed by atoms with Gasteiger partial charge in [0.1, 0.15) is 5.54 Å². The Morgan fingerprint density at radius 2 is 2.10 bits per heavy atom. The molecule has 0 saturated carbocycles. The largest absolute Gasteiger partial charge is 0.339 e. The van der Waals surface area contributed by atoms with E-state index in [0.29, 0.717) is 11.6 Å². The van der Waals surface area contributed by atoms with Crippen LogP contribution in [0.1, 0.15) is 34.1 Å². The van der Waals surface area contributed by atoms with Crippen molar-refractivity contribution in [2.24, 2.45) is 7.05 Å². The van der Waals surface area contributed by atoms with Crippen molar-refractivity contribution < 1.29 is 0 Å². The number of aromatic nitrogens is 3. The lowest BCUT2D eigenvalue weighted by Gasteiger charge is -2.28. The van der Waals surface area contributed by atoms with Gasteiger partial charge in [0.25, 0.3) is 0 Å². The van der Waals surface area contributed by atoms with Crippen LogP contribution in [0.15, 0.2) is 14.7 Å². The number of nitrogens with one attached hydrogen (secondary N) is 2. The average Bonchev–Trinajstić information content (AvgIpc) is 2.34. The molecule has 2 atom stereocenters. The molecule has 0 fully saturated rings. The molecule has 21 heavy (non-hydrogen) atoms. The molecule has 1 heterocycles. The first kappa shape index (κ1) is 17.5. The Hall–Kier alpha value is -1.59. The molecular formula is C13H21N5O2S. The van der Waals surface area contributed by atoms with Gasteiger partial charge >= 0.3 is 11.1 Å². The van der Waals surface area contributed by atoms with Crippen LogP contribution in [-0.4, -0.2) is 31.6 Å². The van der Waals surface area contributed by atoms with E-state index in [1.165, 1.54) is 16.4 Å². The third-order valence-electron chi connectivity index (χ3n) is 2.80. The van der Waals surface area contributed by atoms with E-state index >= 15 is 0 Å². The van der Waals surface area contributed by atoms with Gasteiger partial charge in [-0.15, -0.1) is 0 Å². The molecule has 2 unspecified atom stereocenters. The molecule has 0 aliphatic rings. The first-order valence-corrected chi connectivity index (χ1v) is 7.58. The lowest BCUT2D eigenvalue weighted by Crippen LogP contribution is -2.46. The minimum absolute atomic E-state index is 0.0462. The van der Waals surface area contributed by atoms with Gasteiger partial charge in [0.15, 0.2) is 5.16 Å². The highest BCUT2D eigenvalue weighted by Crippen LogP contribution is 2.26. The lowest BCUT2D eigenvalue weighted by molar-refractivity contribution is 0.382. The Bertz CT molecular complexity index is 645. The fourth-order valence-corrected chi connectivity index (χ4v) is 3.25. The highest BCUT2D eigenvalue weighted by molar-refractivity contribution is 7.99. The molecule has 8 heteroatoms. The second-order valence-electron chi connectivity index (χ2n) is 5.58. The molecular weight excluding hydrogens is 290 g/mol. The van der Waals surface area contributed by atoms with Crippen LogP contribution in [0.25, 0.3) is 0 Å². The number of nitriles is 1. The van der Waals surface area contributed by atoms with Crippen molar-refractivity contribution in [2.45, 2.75) is 56.1 Å². The van der Waals surface area contributed by atoms with Gasteiger partial charge < -0.3 is 0 Å².